The van der Waals surface area contributed by atoms with Crippen molar-refractivity contribution in [1.82, 2.24) is 4.57 Å². The predicted octanol–water partition coefficient (Wildman–Crippen LogP) is 6.23. The second kappa shape index (κ2) is 11.1. The van der Waals surface area contributed by atoms with Crippen LogP contribution in [0.3, 0.4) is 0 Å². The summed E-state index contributed by atoms with van der Waals surface area (Å²) in [6, 6.07) is 28.8. The lowest BCUT2D eigenvalue weighted by Crippen LogP contribution is -2.13. The number of aryl methyl sites for hydroxylation is 1. The van der Waals surface area contributed by atoms with E-state index in [2.05, 4.69) is 9.88 Å². The standard InChI is InChI=1S/C30H27N3O3/c1-21-17-24(18-25(19-31)30(34)32-26-9-13-28(35-3)14-10-26)22(2)33(21)27-11-15-29(16-12-27)36-20-23-7-5-4-6-8-23/h4-18H,20H2,1-3H3,(H,32,34)/b25-18-. The van der Waals surface area contributed by atoms with Gasteiger partial charge in [-0.3, -0.25) is 4.79 Å². The van der Waals surface area contributed by atoms with Crippen LogP contribution in [0, 0.1) is 25.2 Å². The van der Waals surface area contributed by atoms with Gasteiger partial charge in [-0.2, -0.15) is 5.26 Å². The van der Waals surface area contributed by atoms with Crippen LogP contribution in [-0.2, 0) is 11.4 Å². The van der Waals surface area contributed by atoms with Crippen LogP contribution in [0.25, 0.3) is 11.8 Å². The summed E-state index contributed by atoms with van der Waals surface area (Å²) < 4.78 is 13.1. The summed E-state index contributed by atoms with van der Waals surface area (Å²) in [7, 11) is 1.58. The molecule has 0 saturated heterocycles. The van der Waals surface area contributed by atoms with E-state index in [-0.39, 0.29) is 5.57 Å². The van der Waals surface area contributed by atoms with E-state index >= 15 is 0 Å². The van der Waals surface area contributed by atoms with Gasteiger partial charge in [0, 0.05) is 22.8 Å². The highest BCUT2D eigenvalue weighted by Gasteiger charge is 2.14. The summed E-state index contributed by atoms with van der Waals surface area (Å²) in [6.07, 6.45) is 1.62. The van der Waals surface area contributed by atoms with E-state index in [1.165, 1.54) is 0 Å². The summed E-state index contributed by atoms with van der Waals surface area (Å²) >= 11 is 0. The number of benzene rings is 3. The second-order valence-electron chi connectivity index (χ2n) is 8.28. The number of anilines is 1. The van der Waals surface area contributed by atoms with Crippen LogP contribution < -0.4 is 14.8 Å². The van der Waals surface area contributed by atoms with Gasteiger partial charge in [0.05, 0.1) is 7.11 Å². The van der Waals surface area contributed by atoms with Gasteiger partial charge in [-0.15, -0.1) is 0 Å². The second-order valence-corrected chi connectivity index (χ2v) is 8.28. The molecule has 1 aromatic heterocycles. The summed E-state index contributed by atoms with van der Waals surface area (Å²) in [5.74, 6) is 1.01. The Bertz CT molecular complexity index is 1410. The highest BCUT2D eigenvalue weighted by atomic mass is 16.5. The van der Waals surface area contributed by atoms with Gasteiger partial charge < -0.3 is 19.4 Å². The lowest BCUT2D eigenvalue weighted by molar-refractivity contribution is -0.112. The Kier molecular flexibility index (Phi) is 7.52. The van der Waals surface area contributed by atoms with E-state index in [0.717, 1.165) is 34.0 Å². The molecule has 6 nitrogen and oxygen atoms in total. The van der Waals surface area contributed by atoms with Gasteiger partial charge in [0.15, 0.2) is 0 Å². The molecular weight excluding hydrogens is 450 g/mol. The lowest BCUT2D eigenvalue weighted by atomic mass is 10.1. The number of nitrogens with zero attached hydrogens (tertiary/aromatic N) is 2. The molecule has 0 fully saturated rings. The maximum Gasteiger partial charge on any atom is 0.266 e. The number of rotatable bonds is 8. The summed E-state index contributed by atoms with van der Waals surface area (Å²) in [5, 5.41) is 12.4. The number of carbonyl (C=O) groups excluding carboxylic acids is 1. The molecule has 3 aromatic carbocycles. The summed E-state index contributed by atoms with van der Waals surface area (Å²) in [5.41, 5.74) is 5.41. The molecule has 0 atom stereocenters. The molecule has 0 unspecified atom stereocenters. The maximum absolute atomic E-state index is 12.7. The third-order valence-electron chi connectivity index (χ3n) is 5.83. The summed E-state index contributed by atoms with van der Waals surface area (Å²) in [4.78, 5) is 12.7. The van der Waals surface area contributed by atoms with Crippen LogP contribution in [0.15, 0.2) is 90.5 Å². The molecular formula is C30H27N3O3. The number of methoxy groups -OCH3 is 1. The van der Waals surface area contributed by atoms with E-state index < -0.39 is 5.91 Å². The van der Waals surface area contributed by atoms with Crippen LogP contribution >= 0.6 is 0 Å². The SMILES string of the molecule is COc1ccc(NC(=O)/C(C#N)=C\c2cc(C)n(-c3ccc(OCc4ccccc4)cc3)c2C)cc1. The Morgan fingerprint density at radius 1 is 0.972 bits per heavy atom. The first kappa shape index (κ1) is 24.4. The van der Waals surface area contributed by atoms with Crippen molar-refractivity contribution in [2.45, 2.75) is 20.5 Å². The zero-order valence-corrected chi connectivity index (χ0v) is 20.5. The fourth-order valence-electron chi connectivity index (χ4n) is 3.94. The van der Waals surface area contributed by atoms with Crippen molar-refractivity contribution in [2.24, 2.45) is 0 Å². The Labute approximate surface area is 211 Å². The van der Waals surface area contributed by atoms with E-state index in [1.54, 1.807) is 37.5 Å². The topological polar surface area (TPSA) is 76.3 Å². The van der Waals surface area contributed by atoms with Gasteiger partial charge in [0.2, 0.25) is 0 Å². The molecule has 4 rings (SSSR count). The van der Waals surface area contributed by atoms with Crippen molar-refractivity contribution in [3.05, 3.63) is 113 Å². The fraction of sp³-hybridized carbons (Fsp3) is 0.133. The highest BCUT2D eigenvalue weighted by molar-refractivity contribution is 6.09. The zero-order chi connectivity index (χ0) is 25.5. The Morgan fingerprint density at radius 2 is 1.64 bits per heavy atom. The first-order valence-corrected chi connectivity index (χ1v) is 11.5. The normalized spacial score (nSPS) is 11.0. The number of hydrogen-bond donors (Lipinski definition) is 1. The number of amides is 1. The van der Waals surface area contributed by atoms with Crippen molar-refractivity contribution < 1.29 is 14.3 Å². The third kappa shape index (κ3) is 5.65. The van der Waals surface area contributed by atoms with Gasteiger partial charge in [-0.1, -0.05) is 30.3 Å². The molecule has 0 aliphatic rings. The maximum atomic E-state index is 12.7. The van der Waals surface area contributed by atoms with Crippen LogP contribution in [0.2, 0.25) is 0 Å². The molecule has 36 heavy (non-hydrogen) atoms. The average molecular weight is 478 g/mol. The Balaban J connectivity index is 1.50. The smallest absolute Gasteiger partial charge is 0.266 e. The lowest BCUT2D eigenvalue weighted by Gasteiger charge is -2.11. The molecule has 1 amide bonds. The van der Waals surface area contributed by atoms with Gasteiger partial charge in [0.25, 0.3) is 5.91 Å². The molecule has 6 heteroatoms. The van der Waals surface area contributed by atoms with Crippen LogP contribution in [0.5, 0.6) is 11.5 Å². The molecule has 0 bridgehead atoms. The van der Waals surface area contributed by atoms with E-state index in [1.807, 2.05) is 80.6 Å². The molecule has 1 heterocycles. The number of hydrogen-bond acceptors (Lipinski definition) is 4. The number of nitrogens with one attached hydrogen (secondary N) is 1. The van der Waals surface area contributed by atoms with Crippen LogP contribution in [-0.4, -0.2) is 17.6 Å². The van der Waals surface area contributed by atoms with Gasteiger partial charge >= 0.3 is 0 Å². The molecule has 0 spiro atoms. The number of aromatic nitrogens is 1. The monoisotopic (exact) mass is 477 g/mol. The van der Waals surface area contributed by atoms with E-state index in [0.29, 0.717) is 18.0 Å². The Morgan fingerprint density at radius 3 is 2.28 bits per heavy atom. The Hall–Kier alpha value is -4.76. The molecule has 0 aliphatic heterocycles. The third-order valence-corrected chi connectivity index (χ3v) is 5.83. The minimum Gasteiger partial charge on any atom is -0.497 e. The van der Waals surface area contributed by atoms with E-state index in [9.17, 15) is 10.1 Å². The van der Waals surface area contributed by atoms with Crippen molar-refractivity contribution in [1.29, 1.82) is 5.26 Å². The quantitative estimate of drug-likeness (QED) is 0.241. The molecule has 0 aliphatic carbocycles. The zero-order valence-electron chi connectivity index (χ0n) is 20.5. The van der Waals surface area contributed by atoms with Gasteiger partial charge in [-0.05, 0) is 85.6 Å². The van der Waals surface area contributed by atoms with Crippen molar-refractivity contribution in [2.75, 3.05) is 12.4 Å². The molecule has 180 valence electrons. The molecule has 0 radical (unpaired) electrons. The van der Waals surface area contributed by atoms with Crippen molar-refractivity contribution in [3.8, 4) is 23.3 Å². The largest absolute Gasteiger partial charge is 0.497 e. The predicted molar refractivity (Wildman–Crippen MR) is 141 cm³/mol. The molecule has 1 N–H and O–H groups in total. The van der Waals surface area contributed by atoms with Gasteiger partial charge in [0.1, 0.15) is 29.7 Å². The van der Waals surface area contributed by atoms with Gasteiger partial charge in [-0.25, -0.2) is 0 Å². The molecule has 0 saturated carbocycles. The van der Waals surface area contributed by atoms with E-state index in [4.69, 9.17) is 9.47 Å². The first-order valence-electron chi connectivity index (χ1n) is 11.5. The van der Waals surface area contributed by atoms with Crippen molar-refractivity contribution >= 4 is 17.7 Å². The van der Waals surface area contributed by atoms with Crippen molar-refractivity contribution in [3.63, 3.8) is 0 Å². The number of ether oxygens (including phenoxy) is 2. The minimum absolute atomic E-state index is 0.0238. The van der Waals surface area contributed by atoms with Crippen LogP contribution in [0.1, 0.15) is 22.5 Å². The number of carbonyl (C=O) groups is 1. The number of nitriles is 1. The van der Waals surface area contributed by atoms with Crippen LogP contribution in [0.4, 0.5) is 5.69 Å². The average Bonchev–Trinajstić information content (AvgIpc) is 3.19. The summed E-state index contributed by atoms with van der Waals surface area (Å²) in [6.45, 7) is 4.47. The molecule has 4 aromatic rings. The minimum atomic E-state index is -0.465. The fourth-order valence-corrected chi connectivity index (χ4v) is 3.94. The first-order chi connectivity index (χ1) is 17.5. The highest BCUT2D eigenvalue weighted by Crippen LogP contribution is 2.25.